The summed E-state index contributed by atoms with van der Waals surface area (Å²) in [6.07, 6.45) is 0. The van der Waals surface area contributed by atoms with Crippen LogP contribution in [0.25, 0.3) is 0 Å². The Hall–Kier alpha value is -1.27. The highest BCUT2D eigenvalue weighted by molar-refractivity contribution is 8.23. The molecule has 0 aliphatic heterocycles. The molecule has 0 unspecified atom stereocenters. The van der Waals surface area contributed by atoms with Crippen LogP contribution < -0.4 is 9.47 Å². The van der Waals surface area contributed by atoms with Gasteiger partial charge in [-0.05, 0) is 43.4 Å². The molecule has 0 amide bonds. The third-order valence-electron chi connectivity index (χ3n) is 1.65. The van der Waals surface area contributed by atoms with Crippen molar-refractivity contribution in [2.24, 2.45) is 0 Å². The molecule has 0 saturated carbocycles. The molecule has 0 aliphatic rings. The van der Waals surface area contributed by atoms with Crippen molar-refractivity contribution in [2.45, 2.75) is 6.92 Å². The highest BCUT2D eigenvalue weighted by Crippen LogP contribution is 2.19. The number of benzene rings is 1. The molecule has 0 saturated heterocycles. The number of rotatable bonds is 5. The molecular weight excluding hydrogens is 260 g/mol. The van der Waals surface area contributed by atoms with Crippen LogP contribution in [0.5, 0.6) is 11.5 Å². The van der Waals surface area contributed by atoms with Gasteiger partial charge in [0.15, 0.2) is 0 Å². The van der Waals surface area contributed by atoms with Crippen LogP contribution in [0.3, 0.4) is 0 Å². The van der Waals surface area contributed by atoms with Gasteiger partial charge in [0.25, 0.3) is 0 Å². The Labute approximate surface area is 109 Å². The van der Waals surface area contributed by atoms with Crippen LogP contribution in [-0.2, 0) is 4.79 Å². The third-order valence-corrected chi connectivity index (χ3v) is 2.80. The molecule has 0 atom stereocenters. The molecule has 0 spiro atoms. The summed E-state index contributed by atoms with van der Waals surface area (Å²) in [6, 6.07) is 6.98. The summed E-state index contributed by atoms with van der Waals surface area (Å²) < 4.78 is 10.7. The van der Waals surface area contributed by atoms with Gasteiger partial charge in [-0.1, -0.05) is 11.8 Å². The first kappa shape index (κ1) is 13.8. The average Bonchev–Trinajstić information content (AvgIpc) is 2.29. The minimum absolute atomic E-state index is 0.101. The normalized spacial score (nSPS) is 9.71. The van der Waals surface area contributed by atoms with E-state index in [4.69, 9.17) is 26.8 Å². The Morgan fingerprint density at radius 2 is 1.94 bits per heavy atom. The van der Waals surface area contributed by atoms with E-state index in [-0.39, 0.29) is 10.1 Å². The molecule has 1 rings (SSSR count). The number of carboxylic acid groups (broad SMARTS) is 1. The average molecular weight is 272 g/mol. The second-order valence-corrected chi connectivity index (χ2v) is 4.52. The fraction of sp³-hybridized carbons (Fsp3) is 0.273. The summed E-state index contributed by atoms with van der Waals surface area (Å²) in [4.78, 5) is 10.3. The molecule has 0 aliphatic carbocycles. The number of hydrogen-bond donors (Lipinski definition) is 1. The van der Waals surface area contributed by atoms with E-state index in [1.54, 1.807) is 24.3 Å². The first-order valence-electron chi connectivity index (χ1n) is 4.91. The summed E-state index contributed by atoms with van der Waals surface area (Å²) in [5.74, 6) is 0.295. The van der Waals surface area contributed by atoms with Gasteiger partial charge in [0, 0.05) is 0 Å². The highest BCUT2D eigenvalue weighted by atomic mass is 32.2. The van der Waals surface area contributed by atoms with E-state index in [1.807, 2.05) is 6.92 Å². The van der Waals surface area contributed by atoms with Crippen LogP contribution in [0.15, 0.2) is 24.3 Å². The fourth-order valence-corrected chi connectivity index (χ4v) is 1.69. The lowest BCUT2D eigenvalue weighted by molar-refractivity contribution is -0.133. The number of hydrogen-bond acceptors (Lipinski definition) is 5. The van der Waals surface area contributed by atoms with Crippen molar-refractivity contribution in [3.8, 4) is 11.5 Å². The number of ether oxygens (including phenoxy) is 2. The van der Waals surface area contributed by atoms with Crippen molar-refractivity contribution in [3.63, 3.8) is 0 Å². The van der Waals surface area contributed by atoms with Crippen LogP contribution >= 0.6 is 24.0 Å². The van der Waals surface area contributed by atoms with E-state index in [1.165, 1.54) is 0 Å². The minimum atomic E-state index is -0.923. The molecule has 1 N–H and O–H groups in total. The smallest absolute Gasteiger partial charge is 0.313 e. The largest absolute Gasteiger partial charge is 0.494 e. The van der Waals surface area contributed by atoms with Gasteiger partial charge in [0.2, 0.25) is 4.38 Å². The van der Waals surface area contributed by atoms with Crippen LogP contribution in [0.1, 0.15) is 6.92 Å². The molecule has 0 fully saturated rings. The molecule has 4 nitrogen and oxygen atoms in total. The van der Waals surface area contributed by atoms with Crippen molar-refractivity contribution < 1.29 is 19.4 Å². The van der Waals surface area contributed by atoms with Gasteiger partial charge in [-0.2, -0.15) is 0 Å². The van der Waals surface area contributed by atoms with Gasteiger partial charge in [-0.15, -0.1) is 0 Å². The van der Waals surface area contributed by atoms with Crippen LogP contribution in [-0.4, -0.2) is 27.8 Å². The van der Waals surface area contributed by atoms with E-state index < -0.39 is 5.97 Å². The first-order chi connectivity index (χ1) is 8.11. The molecule has 17 heavy (non-hydrogen) atoms. The second kappa shape index (κ2) is 7.13. The zero-order valence-corrected chi connectivity index (χ0v) is 10.8. The Morgan fingerprint density at radius 3 is 2.47 bits per heavy atom. The number of thiocarbonyl (C=S) groups is 1. The standard InChI is InChI=1S/C11H12O4S2/c1-2-14-8-3-5-9(6-4-8)15-11(16)17-7-10(12)13/h3-6H,2,7H2,1H3,(H,12,13). The molecule has 92 valence electrons. The highest BCUT2D eigenvalue weighted by Gasteiger charge is 2.05. The summed E-state index contributed by atoms with van der Waals surface area (Å²) in [7, 11) is 0. The third kappa shape index (κ3) is 5.55. The Kier molecular flexibility index (Phi) is 5.79. The van der Waals surface area contributed by atoms with Gasteiger partial charge in [-0.25, -0.2) is 0 Å². The quantitative estimate of drug-likeness (QED) is 0.831. The maximum atomic E-state index is 10.3. The fourth-order valence-electron chi connectivity index (χ4n) is 1.02. The van der Waals surface area contributed by atoms with Crippen LogP contribution in [0.4, 0.5) is 0 Å². The monoisotopic (exact) mass is 272 g/mol. The first-order valence-corrected chi connectivity index (χ1v) is 6.30. The van der Waals surface area contributed by atoms with E-state index in [0.29, 0.717) is 12.4 Å². The van der Waals surface area contributed by atoms with Crippen molar-refractivity contribution in [1.82, 2.24) is 0 Å². The second-order valence-electron chi connectivity index (χ2n) is 2.94. The molecule has 1 aromatic rings. The molecule has 6 heteroatoms. The lowest BCUT2D eigenvalue weighted by Crippen LogP contribution is -2.06. The van der Waals surface area contributed by atoms with E-state index in [9.17, 15) is 4.79 Å². The number of aliphatic carboxylic acids is 1. The van der Waals surface area contributed by atoms with Gasteiger partial charge in [0.1, 0.15) is 11.5 Å². The zero-order chi connectivity index (χ0) is 12.7. The van der Waals surface area contributed by atoms with Crippen molar-refractivity contribution >= 4 is 34.3 Å². The summed E-state index contributed by atoms with van der Waals surface area (Å²) in [6.45, 7) is 2.51. The van der Waals surface area contributed by atoms with Gasteiger partial charge in [-0.3, -0.25) is 4.79 Å². The molecular formula is C11H12O4S2. The SMILES string of the molecule is CCOc1ccc(OC(=S)SCC(=O)O)cc1. The van der Waals surface area contributed by atoms with Crippen LogP contribution in [0.2, 0.25) is 0 Å². The molecule has 0 aromatic heterocycles. The predicted molar refractivity (Wildman–Crippen MR) is 70.9 cm³/mol. The maximum absolute atomic E-state index is 10.3. The van der Waals surface area contributed by atoms with Gasteiger partial charge >= 0.3 is 5.97 Å². The lowest BCUT2D eigenvalue weighted by Gasteiger charge is -2.06. The molecule has 0 radical (unpaired) electrons. The van der Waals surface area contributed by atoms with E-state index in [2.05, 4.69) is 0 Å². The molecule has 0 bridgehead atoms. The number of thioether (sulfide) groups is 1. The van der Waals surface area contributed by atoms with Crippen molar-refractivity contribution in [1.29, 1.82) is 0 Å². The number of carbonyl (C=O) groups is 1. The van der Waals surface area contributed by atoms with Crippen molar-refractivity contribution in [3.05, 3.63) is 24.3 Å². The van der Waals surface area contributed by atoms with E-state index in [0.717, 1.165) is 17.5 Å². The molecule has 0 heterocycles. The number of carboxylic acids is 1. The molecule has 1 aromatic carbocycles. The van der Waals surface area contributed by atoms with Gasteiger partial charge < -0.3 is 14.6 Å². The zero-order valence-electron chi connectivity index (χ0n) is 9.21. The Balaban J connectivity index is 2.45. The van der Waals surface area contributed by atoms with Gasteiger partial charge in [0.05, 0.1) is 12.4 Å². The van der Waals surface area contributed by atoms with E-state index >= 15 is 0 Å². The topological polar surface area (TPSA) is 55.8 Å². The minimum Gasteiger partial charge on any atom is -0.494 e. The summed E-state index contributed by atoms with van der Waals surface area (Å²) >= 11 is 5.86. The summed E-state index contributed by atoms with van der Waals surface area (Å²) in [5, 5.41) is 8.47. The predicted octanol–water partition coefficient (Wildman–Crippen LogP) is 2.57. The lowest BCUT2D eigenvalue weighted by atomic mass is 10.3. The van der Waals surface area contributed by atoms with Crippen LogP contribution in [0, 0.1) is 0 Å². The Morgan fingerprint density at radius 1 is 1.35 bits per heavy atom. The Bertz CT molecular complexity index is 389. The summed E-state index contributed by atoms with van der Waals surface area (Å²) in [5.41, 5.74) is 0. The van der Waals surface area contributed by atoms with Crippen molar-refractivity contribution in [2.75, 3.05) is 12.4 Å². The maximum Gasteiger partial charge on any atom is 0.313 e.